The molecule has 3 aromatic heterocycles. The molecule has 0 N–H and O–H groups in total. The molecule has 5 aromatic rings. The van der Waals surface area contributed by atoms with Crippen LogP contribution < -0.4 is 11.2 Å². The van der Waals surface area contributed by atoms with E-state index < -0.39 is 11.5 Å². The van der Waals surface area contributed by atoms with Crippen LogP contribution in [0.5, 0.6) is 0 Å². The fraction of sp³-hybridized carbons (Fsp3) is 0.182. The molecule has 2 aromatic carbocycles. The SMILES string of the molecule is Cc1ccc(Cn2c(=O)c3nn(C)cc3n3c(=O)n(Cc4ccccc4F)nc23)cc1. The van der Waals surface area contributed by atoms with Gasteiger partial charge in [-0.25, -0.2) is 18.3 Å². The standard InChI is InChI=1S/C22H19FN6O2/c1-14-7-9-15(10-8-14)11-27-20(30)19-18(13-26(2)24-19)29-21(27)25-28(22(29)31)12-16-5-3-4-6-17(16)23/h3-10,13H,11-12H2,1-2H3. The van der Waals surface area contributed by atoms with Crippen LogP contribution in [-0.2, 0) is 20.1 Å². The first kappa shape index (κ1) is 19.0. The number of aromatic nitrogens is 6. The highest BCUT2D eigenvalue weighted by atomic mass is 19.1. The van der Waals surface area contributed by atoms with Gasteiger partial charge in [0.25, 0.3) is 5.56 Å². The molecule has 31 heavy (non-hydrogen) atoms. The number of hydrogen-bond donors (Lipinski definition) is 0. The molecule has 0 radical (unpaired) electrons. The Morgan fingerprint density at radius 1 is 0.968 bits per heavy atom. The summed E-state index contributed by atoms with van der Waals surface area (Å²) in [5, 5.41) is 8.66. The molecule has 8 nitrogen and oxygen atoms in total. The minimum absolute atomic E-state index is 0.0480. The summed E-state index contributed by atoms with van der Waals surface area (Å²) in [5.41, 5.74) is 2.07. The Balaban J connectivity index is 1.76. The summed E-state index contributed by atoms with van der Waals surface area (Å²) in [4.78, 5) is 26.4. The lowest BCUT2D eigenvalue weighted by atomic mass is 10.1. The average Bonchev–Trinajstić information content (AvgIpc) is 3.28. The van der Waals surface area contributed by atoms with Crippen LogP contribution in [-0.4, -0.2) is 28.5 Å². The predicted octanol–water partition coefficient (Wildman–Crippen LogP) is 2.09. The first-order chi connectivity index (χ1) is 14.9. The number of benzene rings is 2. The van der Waals surface area contributed by atoms with Gasteiger partial charge >= 0.3 is 5.69 Å². The Morgan fingerprint density at radius 2 is 1.71 bits per heavy atom. The molecule has 0 spiro atoms. The summed E-state index contributed by atoms with van der Waals surface area (Å²) in [5.74, 6) is -0.234. The number of fused-ring (bicyclic) bond motifs is 3. The van der Waals surface area contributed by atoms with Gasteiger partial charge in [0.05, 0.1) is 13.1 Å². The molecule has 0 unspecified atom stereocenters. The van der Waals surface area contributed by atoms with Crippen molar-refractivity contribution in [3.05, 3.63) is 98.1 Å². The Kier molecular flexibility index (Phi) is 4.32. The Labute approximate surface area is 175 Å². The second-order valence-electron chi connectivity index (χ2n) is 7.58. The van der Waals surface area contributed by atoms with E-state index >= 15 is 0 Å². The van der Waals surface area contributed by atoms with Gasteiger partial charge in [-0.2, -0.15) is 5.10 Å². The second kappa shape index (κ2) is 7.05. The fourth-order valence-electron chi connectivity index (χ4n) is 3.70. The maximum atomic E-state index is 14.2. The van der Waals surface area contributed by atoms with Gasteiger partial charge in [0.1, 0.15) is 11.3 Å². The molecule has 0 saturated carbocycles. The number of hydrogen-bond acceptors (Lipinski definition) is 4. The van der Waals surface area contributed by atoms with Crippen molar-refractivity contribution < 1.29 is 4.39 Å². The largest absolute Gasteiger partial charge is 0.352 e. The monoisotopic (exact) mass is 418 g/mol. The summed E-state index contributed by atoms with van der Waals surface area (Å²) in [6.45, 7) is 2.16. The van der Waals surface area contributed by atoms with Crippen molar-refractivity contribution in [1.29, 1.82) is 0 Å². The summed E-state index contributed by atoms with van der Waals surface area (Å²) < 4.78 is 19.6. The van der Waals surface area contributed by atoms with Crippen molar-refractivity contribution in [3.63, 3.8) is 0 Å². The molecular weight excluding hydrogens is 399 g/mol. The lowest BCUT2D eigenvalue weighted by Crippen LogP contribution is -2.26. The van der Waals surface area contributed by atoms with Crippen LogP contribution in [0.2, 0.25) is 0 Å². The van der Waals surface area contributed by atoms with Crippen molar-refractivity contribution in [3.8, 4) is 0 Å². The molecule has 9 heteroatoms. The third kappa shape index (κ3) is 3.14. The lowest BCUT2D eigenvalue weighted by Gasteiger charge is -2.07. The Hall–Kier alpha value is -4.01. The van der Waals surface area contributed by atoms with Crippen molar-refractivity contribution in [1.82, 2.24) is 28.5 Å². The van der Waals surface area contributed by atoms with Crippen LogP contribution >= 0.6 is 0 Å². The van der Waals surface area contributed by atoms with Crippen LogP contribution in [0.3, 0.4) is 0 Å². The maximum absolute atomic E-state index is 14.2. The zero-order chi connectivity index (χ0) is 21.7. The van der Waals surface area contributed by atoms with Crippen molar-refractivity contribution in [2.45, 2.75) is 20.0 Å². The van der Waals surface area contributed by atoms with Gasteiger partial charge in [-0.3, -0.25) is 14.0 Å². The fourth-order valence-corrected chi connectivity index (χ4v) is 3.70. The van der Waals surface area contributed by atoms with E-state index in [1.165, 1.54) is 24.4 Å². The predicted molar refractivity (Wildman–Crippen MR) is 114 cm³/mol. The number of nitrogens with zero attached hydrogens (tertiary/aromatic N) is 6. The van der Waals surface area contributed by atoms with Gasteiger partial charge < -0.3 is 0 Å². The van der Waals surface area contributed by atoms with Gasteiger partial charge in [-0.05, 0) is 18.6 Å². The van der Waals surface area contributed by atoms with E-state index in [0.29, 0.717) is 11.1 Å². The molecule has 0 aliphatic heterocycles. The molecule has 3 heterocycles. The van der Waals surface area contributed by atoms with Crippen LogP contribution in [0.4, 0.5) is 4.39 Å². The highest BCUT2D eigenvalue weighted by Crippen LogP contribution is 2.13. The molecule has 5 rings (SSSR count). The first-order valence-electron chi connectivity index (χ1n) is 9.77. The molecule has 156 valence electrons. The van der Waals surface area contributed by atoms with Gasteiger partial charge in [0.15, 0.2) is 5.52 Å². The van der Waals surface area contributed by atoms with E-state index in [0.717, 1.165) is 11.1 Å². The summed E-state index contributed by atoms with van der Waals surface area (Å²) in [6, 6.07) is 14.0. The van der Waals surface area contributed by atoms with Gasteiger partial charge in [-0.15, -0.1) is 5.10 Å². The van der Waals surface area contributed by atoms with Crippen LogP contribution in [0.25, 0.3) is 16.8 Å². The summed E-state index contributed by atoms with van der Waals surface area (Å²) in [7, 11) is 1.68. The minimum Gasteiger partial charge on any atom is -0.273 e. The van der Waals surface area contributed by atoms with E-state index in [1.54, 1.807) is 31.4 Å². The van der Waals surface area contributed by atoms with E-state index in [2.05, 4.69) is 10.2 Å². The molecule has 0 bridgehead atoms. The normalized spacial score (nSPS) is 11.6. The van der Waals surface area contributed by atoms with E-state index in [1.807, 2.05) is 31.2 Å². The molecule has 0 fully saturated rings. The number of rotatable bonds is 4. The highest BCUT2D eigenvalue weighted by molar-refractivity contribution is 5.75. The first-order valence-corrected chi connectivity index (χ1v) is 9.77. The highest BCUT2D eigenvalue weighted by Gasteiger charge is 2.20. The quantitative estimate of drug-likeness (QED) is 0.448. The zero-order valence-corrected chi connectivity index (χ0v) is 17.0. The van der Waals surface area contributed by atoms with E-state index in [-0.39, 0.29) is 29.9 Å². The lowest BCUT2D eigenvalue weighted by molar-refractivity contribution is 0.577. The molecule has 0 atom stereocenters. The topological polar surface area (TPSA) is 79.1 Å². The molecular formula is C22H19FN6O2. The molecule has 0 saturated heterocycles. The van der Waals surface area contributed by atoms with Crippen LogP contribution in [0.15, 0.2) is 64.3 Å². The van der Waals surface area contributed by atoms with Crippen molar-refractivity contribution >= 4 is 16.8 Å². The third-order valence-electron chi connectivity index (χ3n) is 5.30. The zero-order valence-electron chi connectivity index (χ0n) is 17.0. The van der Waals surface area contributed by atoms with Gasteiger partial charge in [0, 0.05) is 18.8 Å². The molecule has 0 aliphatic carbocycles. The average molecular weight is 418 g/mol. The van der Waals surface area contributed by atoms with Crippen LogP contribution in [0, 0.1) is 12.7 Å². The van der Waals surface area contributed by atoms with Crippen molar-refractivity contribution in [2.75, 3.05) is 0 Å². The minimum atomic E-state index is -0.464. The van der Waals surface area contributed by atoms with E-state index in [4.69, 9.17) is 0 Å². The number of aryl methyl sites for hydroxylation is 2. The van der Waals surface area contributed by atoms with Gasteiger partial charge in [0.2, 0.25) is 5.78 Å². The molecule has 0 aliphatic rings. The Bertz CT molecular complexity index is 1560. The number of halogens is 1. The summed E-state index contributed by atoms with van der Waals surface area (Å²) in [6.07, 6.45) is 1.61. The maximum Gasteiger partial charge on any atom is 0.352 e. The summed E-state index contributed by atoms with van der Waals surface area (Å²) >= 11 is 0. The van der Waals surface area contributed by atoms with E-state index in [9.17, 15) is 14.0 Å². The van der Waals surface area contributed by atoms with Crippen molar-refractivity contribution in [2.24, 2.45) is 7.05 Å². The Morgan fingerprint density at radius 3 is 2.45 bits per heavy atom. The molecule has 0 amide bonds. The van der Waals surface area contributed by atoms with Gasteiger partial charge in [-0.1, -0.05) is 48.0 Å². The van der Waals surface area contributed by atoms with Crippen LogP contribution in [0.1, 0.15) is 16.7 Å². The third-order valence-corrected chi connectivity index (χ3v) is 5.30. The second-order valence-corrected chi connectivity index (χ2v) is 7.58. The smallest absolute Gasteiger partial charge is 0.273 e.